The van der Waals surface area contributed by atoms with Gasteiger partial charge in [-0.05, 0) is 18.8 Å². The highest BCUT2D eigenvalue weighted by Gasteiger charge is 2.33. The standard InChI is InChI=1S/C11H19N2O2/c1-3-8(2)10(12)11(15)13-6-4-5-9(13)7-14/h8-10H,3-6,12H2,1-2H3/t8-,9-,10-/m0/s1. The monoisotopic (exact) mass is 211 g/mol. The number of carbonyl (C=O) groups is 1. The van der Waals surface area contributed by atoms with Gasteiger partial charge in [0.05, 0.1) is 12.1 Å². The molecule has 2 N–H and O–H groups in total. The van der Waals surface area contributed by atoms with E-state index in [2.05, 4.69) is 0 Å². The SMILES string of the molecule is CC[C@H](C)[C@H](N)C(=O)N1CCC[C@H]1[C]=O. The molecule has 1 radical (unpaired) electrons. The fourth-order valence-electron chi connectivity index (χ4n) is 1.84. The van der Waals surface area contributed by atoms with Crippen LogP contribution in [0, 0.1) is 5.92 Å². The molecule has 15 heavy (non-hydrogen) atoms. The quantitative estimate of drug-likeness (QED) is 0.734. The summed E-state index contributed by atoms with van der Waals surface area (Å²) >= 11 is 0. The Morgan fingerprint density at radius 2 is 2.33 bits per heavy atom. The molecule has 0 saturated carbocycles. The van der Waals surface area contributed by atoms with Crippen LogP contribution in [0.5, 0.6) is 0 Å². The van der Waals surface area contributed by atoms with Crippen molar-refractivity contribution in [3.63, 3.8) is 0 Å². The summed E-state index contributed by atoms with van der Waals surface area (Å²) in [6.07, 6.45) is 4.38. The van der Waals surface area contributed by atoms with Gasteiger partial charge in [0.15, 0.2) is 0 Å². The summed E-state index contributed by atoms with van der Waals surface area (Å²) in [6, 6.07) is -0.850. The van der Waals surface area contributed by atoms with E-state index >= 15 is 0 Å². The zero-order valence-corrected chi connectivity index (χ0v) is 9.40. The van der Waals surface area contributed by atoms with Crippen LogP contribution in [0.2, 0.25) is 0 Å². The zero-order valence-electron chi connectivity index (χ0n) is 9.40. The lowest BCUT2D eigenvalue weighted by molar-refractivity contribution is -0.133. The van der Waals surface area contributed by atoms with Crippen LogP contribution in [-0.4, -0.2) is 35.7 Å². The van der Waals surface area contributed by atoms with E-state index in [0.29, 0.717) is 6.54 Å². The number of nitrogens with two attached hydrogens (primary N) is 1. The van der Waals surface area contributed by atoms with Crippen molar-refractivity contribution in [1.29, 1.82) is 0 Å². The largest absolute Gasteiger partial charge is 0.331 e. The van der Waals surface area contributed by atoms with Crippen LogP contribution in [0.25, 0.3) is 0 Å². The van der Waals surface area contributed by atoms with E-state index in [1.165, 1.54) is 0 Å². The third-order valence-corrected chi connectivity index (χ3v) is 3.21. The first-order valence-electron chi connectivity index (χ1n) is 5.55. The average molecular weight is 211 g/mol. The Hall–Kier alpha value is -0.900. The van der Waals surface area contributed by atoms with Gasteiger partial charge >= 0.3 is 0 Å². The van der Waals surface area contributed by atoms with Crippen molar-refractivity contribution in [1.82, 2.24) is 4.90 Å². The third kappa shape index (κ3) is 2.56. The van der Waals surface area contributed by atoms with Gasteiger partial charge in [-0.25, -0.2) is 0 Å². The van der Waals surface area contributed by atoms with Gasteiger partial charge in [0, 0.05) is 6.54 Å². The van der Waals surface area contributed by atoms with E-state index < -0.39 is 6.04 Å². The smallest absolute Gasteiger partial charge is 0.240 e. The Morgan fingerprint density at radius 3 is 2.87 bits per heavy atom. The van der Waals surface area contributed by atoms with Gasteiger partial charge in [-0.1, -0.05) is 20.3 Å². The second kappa shape index (κ2) is 5.26. The summed E-state index contributed by atoms with van der Waals surface area (Å²) in [5.41, 5.74) is 5.85. The second-order valence-corrected chi connectivity index (χ2v) is 4.22. The lowest BCUT2D eigenvalue weighted by Crippen LogP contribution is -2.49. The summed E-state index contributed by atoms with van der Waals surface area (Å²) in [5, 5.41) is 0. The Labute approximate surface area is 90.8 Å². The Balaban J connectivity index is 2.63. The van der Waals surface area contributed by atoms with Gasteiger partial charge in [0.2, 0.25) is 12.2 Å². The molecule has 0 bridgehead atoms. The first-order chi connectivity index (χ1) is 7.11. The maximum atomic E-state index is 11.9. The molecule has 1 fully saturated rings. The molecule has 0 aromatic carbocycles. The van der Waals surface area contributed by atoms with Crippen molar-refractivity contribution < 1.29 is 9.59 Å². The first-order valence-corrected chi connectivity index (χ1v) is 5.55. The molecule has 0 spiro atoms. The first kappa shape index (κ1) is 12.2. The van der Waals surface area contributed by atoms with E-state index in [1.807, 2.05) is 20.1 Å². The molecule has 1 aliphatic rings. The summed E-state index contributed by atoms with van der Waals surface area (Å²) in [4.78, 5) is 24.1. The van der Waals surface area contributed by atoms with E-state index in [9.17, 15) is 9.59 Å². The van der Waals surface area contributed by atoms with Crippen LogP contribution in [0.15, 0.2) is 0 Å². The normalized spacial score (nSPS) is 25.0. The van der Waals surface area contributed by atoms with Crippen LogP contribution in [0.1, 0.15) is 33.1 Å². The van der Waals surface area contributed by atoms with Crippen LogP contribution >= 0.6 is 0 Å². The van der Waals surface area contributed by atoms with E-state index in [4.69, 9.17) is 5.73 Å². The molecule has 4 nitrogen and oxygen atoms in total. The molecule has 0 unspecified atom stereocenters. The van der Waals surface area contributed by atoms with Crippen molar-refractivity contribution in [2.45, 2.75) is 45.2 Å². The summed E-state index contributed by atoms with van der Waals surface area (Å²) in [7, 11) is 0. The summed E-state index contributed by atoms with van der Waals surface area (Å²) < 4.78 is 0. The summed E-state index contributed by atoms with van der Waals surface area (Å²) in [5.74, 6) is 0.0561. The van der Waals surface area contributed by atoms with Crippen LogP contribution < -0.4 is 5.73 Å². The Bertz CT molecular complexity index is 243. The molecule has 1 aliphatic heterocycles. The van der Waals surface area contributed by atoms with Gasteiger partial charge in [0.25, 0.3) is 0 Å². The highest BCUT2D eigenvalue weighted by molar-refractivity contribution is 5.85. The summed E-state index contributed by atoms with van der Waals surface area (Å²) in [6.45, 7) is 4.60. The molecule has 4 heteroatoms. The number of amides is 1. The van der Waals surface area contributed by atoms with Crippen molar-refractivity contribution in [3.05, 3.63) is 0 Å². The minimum absolute atomic E-state index is 0.102. The molecular formula is C11H19N2O2. The molecule has 1 amide bonds. The lowest BCUT2D eigenvalue weighted by atomic mass is 9.99. The molecular weight excluding hydrogens is 192 g/mol. The fourth-order valence-corrected chi connectivity index (χ4v) is 1.84. The number of hydrogen-bond donors (Lipinski definition) is 1. The molecule has 0 aromatic rings. The van der Waals surface area contributed by atoms with Gasteiger partial charge in [-0.3, -0.25) is 9.59 Å². The molecule has 0 aliphatic carbocycles. The predicted octanol–water partition coefficient (Wildman–Crippen LogP) is 0.460. The van der Waals surface area contributed by atoms with Gasteiger partial charge in [-0.2, -0.15) is 0 Å². The Kier molecular flexibility index (Phi) is 4.27. The van der Waals surface area contributed by atoms with Crippen molar-refractivity contribution >= 4 is 12.2 Å². The third-order valence-electron chi connectivity index (χ3n) is 3.21. The molecule has 0 aromatic heterocycles. The average Bonchev–Trinajstić information content (AvgIpc) is 2.73. The van der Waals surface area contributed by atoms with Gasteiger partial charge < -0.3 is 10.6 Å². The van der Waals surface area contributed by atoms with Crippen LogP contribution in [0.4, 0.5) is 0 Å². The second-order valence-electron chi connectivity index (χ2n) is 4.22. The maximum absolute atomic E-state index is 11.9. The van der Waals surface area contributed by atoms with E-state index in [1.54, 1.807) is 4.90 Å². The van der Waals surface area contributed by atoms with Crippen LogP contribution in [-0.2, 0) is 9.59 Å². The number of carbonyl (C=O) groups excluding carboxylic acids is 2. The molecule has 1 heterocycles. The molecule has 85 valence electrons. The van der Waals surface area contributed by atoms with Gasteiger partial charge in [-0.15, -0.1) is 0 Å². The number of likely N-dealkylation sites (tertiary alicyclic amines) is 1. The van der Waals surface area contributed by atoms with E-state index in [-0.39, 0.29) is 17.9 Å². The fraction of sp³-hybridized carbons (Fsp3) is 0.818. The molecule has 3 atom stereocenters. The van der Waals surface area contributed by atoms with Crippen molar-refractivity contribution in [2.75, 3.05) is 6.54 Å². The zero-order chi connectivity index (χ0) is 11.4. The van der Waals surface area contributed by atoms with Gasteiger partial charge in [0.1, 0.15) is 0 Å². The molecule has 1 rings (SSSR count). The van der Waals surface area contributed by atoms with Crippen LogP contribution in [0.3, 0.4) is 0 Å². The van der Waals surface area contributed by atoms with E-state index in [0.717, 1.165) is 19.3 Å². The predicted molar refractivity (Wildman–Crippen MR) is 57.9 cm³/mol. The minimum Gasteiger partial charge on any atom is -0.331 e. The van der Waals surface area contributed by atoms with Crippen molar-refractivity contribution in [2.24, 2.45) is 11.7 Å². The topological polar surface area (TPSA) is 63.4 Å². The number of nitrogens with zero attached hydrogens (tertiary/aromatic N) is 1. The number of hydrogen-bond acceptors (Lipinski definition) is 3. The minimum atomic E-state index is -0.482. The van der Waals surface area contributed by atoms with Crippen molar-refractivity contribution in [3.8, 4) is 0 Å². The highest BCUT2D eigenvalue weighted by atomic mass is 16.2. The lowest BCUT2D eigenvalue weighted by Gasteiger charge is -2.26. The highest BCUT2D eigenvalue weighted by Crippen LogP contribution is 2.18. The molecule has 1 saturated heterocycles. The maximum Gasteiger partial charge on any atom is 0.240 e. The number of rotatable bonds is 4. The Morgan fingerprint density at radius 1 is 1.67 bits per heavy atom.